The SMILES string of the molecule is C[C@@H]1CNC(C2=CCCCC2)=C2Oc3ccccc3OC21. The van der Waals surface area contributed by atoms with Crippen molar-refractivity contribution >= 4 is 0 Å². The number of fused-ring (bicyclic) bond motifs is 2. The molecule has 0 spiro atoms. The van der Waals surface area contributed by atoms with Gasteiger partial charge in [0, 0.05) is 12.5 Å². The molecule has 21 heavy (non-hydrogen) atoms. The summed E-state index contributed by atoms with van der Waals surface area (Å²) < 4.78 is 12.4. The Kier molecular flexibility index (Phi) is 3.13. The van der Waals surface area contributed by atoms with E-state index < -0.39 is 0 Å². The molecule has 3 nitrogen and oxygen atoms in total. The summed E-state index contributed by atoms with van der Waals surface area (Å²) >= 11 is 0. The highest BCUT2D eigenvalue weighted by molar-refractivity contribution is 5.47. The van der Waals surface area contributed by atoms with Crippen molar-refractivity contribution in [2.75, 3.05) is 6.54 Å². The molecule has 1 aromatic rings. The fourth-order valence-electron chi connectivity index (χ4n) is 3.36. The number of nitrogens with one attached hydrogen (secondary N) is 1. The van der Waals surface area contributed by atoms with Crippen molar-refractivity contribution in [3.05, 3.63) is 47.4 Å². The third kappa shape index (κ3) is 2.21. The van der Waals surface area contributed by atoms with Crippen molar-refractivity contribution in [1.29, 1.82) is 0 Å². The molecule has 1 aromatic carbocycles. The van der Waals surface area contributed by atoms with Gasteiger partial charge in [0.15, 0.2) is 23.4 Å². The lowest BCUT2D eigenvalue weighted by atomic mass is 9.90. The van der Waals surface area contributed by atoms with E-state index in [2.05, 4.69) is 18.3 Å². The van der Waals surface area contributed by atoms with Crippen molar-refractivity contribution in [3.8, 4) is 11.5 Å². The number of ether oxygens (including phenoxy) is 2. The molecular weight excluding hydrogens is 262 g/mol. The summed E-state index contributed by atoms with van der Waals surface area (Å²) in [6.45, 7) is 3.15. The van der Waals surface area contributed by atoms with Crippen LogP contribution < -0.4 is 14.8 Å². The maximum Gasteiger partial charge on any atom is 0.169 e. The lowest BCUT2D eigenvalue weighted by molar-refractivity contribution is 0.0908. The van der Waals surface area contributed by atoms with Crippen molar-refractivity contribution in [3.63, 3.8) is 0 Å². The molecule has 3 heteroatoms. The average Bonchev–Trinajstić information content (AvgIpc) is 2.55. The number of benzene rings is 1. The predicted molar refractivity (Wildman–Crippen MR) is 82.2 cm³/mol. The lowest BCUT2D eigenvalue weighted by Crippen LogP contribution is -2.45. The van der Waals surface area contributed by atoms with E-state index in [0.717, 1.165) is 30.2 Å². The molecule has 0 saturated carbocycles. The zero-order valence-corrected chi connectivity index (χ0v) is 12.4. The molecule has 3 aliphatic rings. The van der Waals surface area contributed by atoms with Gasteiger partial charge < -0.3 is 14.8 Å². The minimum atomic E-state index is 0.0268. The van der Waals surface area contributed by atoms with Crippen LogP contribution in [0.2, 0.25) is 0 Å². The summed E-state index contributed by atoms with van der Waals surface area (Å²) in [5.41, 5.74) is 2.57. The Labute approximate surface area is 125 Å². The number of allylic oxidation sites excluding steroid dienone is 2. The van der Waals surface area contributed by atoms with Crippen LogP contribution in [-0.4, -0.2) is 12.6 Å². The molecule has 0 saturated heterocycles. The Morgan fingerprint density at radius 2 is 2.00 bits per heavy atom. The van der Waals surface area contributed by atoms with Gasteiger partial charge in [-0.3, -0.25) is 0 Å². The molecule has 0 fully saturated rings. The first-order valence-electron chi connectivity index (χ1n) is 7.94. The topological polar surface area (TPSA) is 30.5 Å². The van der Waals surface area contributed by atoms with Crippen LogP contribution in [-0.2, 0) is 0 Å². The number of rotatable bonds is 1. The van der Waals surface area contributed by atoms with E-state index in [-0.39, 0.29) is 6.10 Å². The highest BCUT2D eigenvalue weighted by atomic mass is 16.6. The highest BCUT2D eigenvalue weighted by Crippen LogP contribution is 2.41. The van der Waals surface area contributed by atoms with Crippen LogP contribution in [0.15, 0.2) is 47.4 Å². The fraction of sp³-hybridized carbons (Fsp3) is 0.444. The van der Waals surface area contributed by atoms with Gasteiger partial charge in [-0.15, -0.1) is 0 Å². The summed E-state index contributed by atoms with van der Waals surface area (Å²) in [4.78, 5) is 0. The van der Waals surface area contributed by atoms with E-state index in [9.17, 15) is 0 Å². The van der Waals surface area contributed by atoms with Crippen molar-refractivity contribution < 1.29 is 9.47 Å². The minimum Gasteiger partial charge on any atom is -0.478 e. The van der Waals surface area contributed by atoms with Gasteiger partial charge >= 0.3 is 0 Å². The zero-order valence-electron chi connectivity index (χ0n) is 12.4. The molecule has 1 unspecified atom stereocenters. The van der Waals surface area contributed by atoms with E-state index in [4.69, 9.17) is 9.47 Å². The highest BCUT2D eigenvalue weighted by Gasteiger charge is 2.37. The van der Waals surface area contributed by atoms with Crippen LogP contribution in [0.25, 0.3) is 0 Å². The van der Waals surface area contributed by atoms with Gasteiger partial charge in [-0.25, -0.2) is 0 Å². The molecule has 0 aromatic heterocycles. The molecule has 110 valence electrons. The van der Waals surface area contributed by atoms with Crippen LogP contribution in [0.4, 0.5) is 0 Å². The number of hydrogen-bond acceptors (Lipinski definition) is 3. The Morgan fingerprint density at radius 1 is 1.14 bits per heavy atom. The Balaban J connectivity index is 1.77. The Morgan fingerprint density at radius 3 is 2.81 bits per heavy atom. The number of para-hydroxylation sites is 2. The minimum absolute atomic E-state index is 0.0268. The third-order valence-corrected chi connectivity index (χ3v) is 4.56. The largest absolute Gasteiger partial charge is 0.478 e. The third-order valence-electron chi connectivity index (χ3n) is 4.56. The summed E-state index contributed by atoms with van der Waals surface area (Å²) in [6.07, 6.45) is 7.26. The second-order valence-electron chi connectivity index (χ2n) is 6.16. The van der Waals surface area contributed by atoms with E-state index in [1.165, 1.54) is 30.5 Å². The summed E-state index contributed by atoms with van der Waals surface area (Å²) in [6, 6.07) is 7.95. The maximum atomic E-state index is 6.22. The molecule has 2 heterocycles. The molecule has 1 aliphatic carbocycles. The van der Waals surface area contributed by atoms with Gasteiger partial charge in [0.25, 0.3) is 0 Å². The summed E-state index contributed by atoms with van der Waals surface area (Å²) in [5.74, 6) is 3.06. The fourth-order valence-corrected chi connectivity index (χ4v) is 3.36. The molecule has 4 rings (SSSR count). The van der Waals surface area contributed by atoms with Crippen molar-refractivity contribution in [2.24, 2.45) is 5.92 Å². The van der Waals surface area contributed by atoms with Gasteiger partial charge in [-0.05, 0) is 43.4 Å². The number of hydrogen-bond donors (Lipinski definition) is 1. The van der Waals surface area contributed by atoms with Crippen LogP contribution >= 0.6 is 0 Å². The molecule has 0 bridgehead atoms. The summed E-state index contributed by atoms with van der Waals surface area (Å²) in [5, 5.41) is 3.57. The van der Waals surface area contributed by atoms with Gasteiger partial charge in [-0.2, -0.15) is 0 Å². The van der Waals surface area contributed by atoms with E-state index in [1.54, 1.807) is 0 Å². The molecule has 0 amide bonds. The first-order chi connectivity index (χ1) is 10.3. The molecule has 1 N–H and O–H groups in total. The van der Waals surface area contributed by atoms with Crippen molar-refractivity contribution in [2.45, 2.75) is 38.7 Å². The van der Waals surface area contributed by atoms with Crippen LogP contribution in [0.3, 0.4) is 0 Å². The lowest BCUT2D eigenvalue weighted by Gasteiger charge is -2.38. The standard InChI is InChI=1S/C18H21NO2/c1-12-11-19-16(13-7-3-2-4-8-13)18-17(12)20-14-9-5-6-10-15(14)21-18/h5-7,9-10,12,17,19H,2-4,8,11H2,1H3/t12-,17?/m1/s1. The first kappa shape index (κ1) is 12.8. The van der Waals surface area contributed by atoms with Gasteiger partial charge in [0.05, 0.1) is 5.70 Å². The van der Waals surface area contributed by atoms with E-state index in [1.807, 2.05) is 24.3 Å². The van der Waals surface area contributed by atoms with Crippen LogP contribution in [0, 0.1) is 5.92 Å². The normalized spacial score (nSPS) is 27.6. The molecule has 2 aliphatic heterocycles. The quantitative estimate of drug-likeness (QED) is 0.851. The van der Waals surface area contributed by atoms with Crippen molar-refractivity contribution in [1.82, 2.24) is 5.32 Å². The monoisotopic (exact) mass is 283 g/mol. The second-order valence-corrected chi connectivity index (χ2v) is 6.16. The Bertz CT molecular complexity index is 617. The molecule has 0 radical (unpaired) electrons. The zero-order chi connectivity index (χ0) is 14.2. The smallest absolute Gasteiger partial charge is 0.169 e. The first-order valence-corrected chi connectivity index (χ1v) is 7.94. The molecule has 2 atom stereocenters. The van der Waals surface area contributed by atoms with Gasteiger partial charge in [0.2, 0.25) is 0 Å². The van der Waals surface area contributed by atoms with Gasteiger partial charge in [-0.1, -0.05) is 25.1 Å². The van der Waals surface area contributed by atoms with Crippen LogP contribution in [0.5, 0.6) is 11.5 Å². The van der Waals surface area contributed by atoms with Gasteiger partial charge in [0.1, 0.15) is 0 Å². The molecular formula is C18H21NO2. The maximum absolute atomic E-state index is 6.22. The average molecular weight is 283 g/mol. The summed E-state index contributed by atoms with van der Waals surface area (Å²) in [7, 11) is 0. The van der Waals surface area contributed by atoms with E-state index >= 15 is 0 Å². The second kappa shape index (κ2) is 5.14. The Hall–Kier alpha value is -1.90. The van der Waals surface area contributed by atoms with Crippen LogP contribution in [0.1, 0.15) is 32.6 Å². The predicted octanol–water partition coefficient (Wildman–Crippen LogP) is 3.78. The van der Waals surface area contributed by atoms with E-state index in [0.29, 0.717) is 5.92 Å².